The van der Waals surface area contributed by atoms with Gasteiger partial charge in [0.05, 0.1) is 0 Å². The zero-order chi connectivity index (χ0) is 59.2. The molecule has 0 N–H and O–H groups in total. The summed E-state index contributed by atoms with van der Waals surface area (Å²) in [7, 11) is 0. The summed E-state index contributed by atoms with van der Waals surface area (Å²) in [6, 6.07) is 0. The molecule has 0 amide bonds. The number of unbranched alkanes of at least 4 members (excludes halogenated alkanes) is 49. The molecule has 0 heterocycles. The standard InChI is InChI=1S/C76H140O6/c1-4-7-10-13-16-19-22-25-28-30-32-34-36-37-38-39-41-42-44-46-48-51-54-57-60-63-66-69-75(78)81-72-73(71-80-74(77)68-65-62-59-56-53-50-27-24-21-18-15-12-9-6-3)82-76(79)70-67-64-61-58-55-52-49-47-45-43-40-35-33-31-29-26-23-20-17-14-11-8-5-2/h22-23,25-26,30-33,73H,4-21,24,27-29,34-72H2,1-3H3/b25-22-,26-23-,32-30-,33-31-. The molecule has 0 aromatic carbocycles. The van der Waals surface area contributed by atoms with Crippen molar-refractivity contribution in [2.75, 3.05) is 13.2 Å². The topological polar surface area (TPSA) is 78.9 Å². The van der Waals surface area contributed by atoms with Crippen LogP contribution in [0, 0.1) is 0 Å². The average molecular weight is 1150 g/mol. The lowest BCUT2D eigenvalue weighted by molar-refractivity contribution is -0.167. The number of allylic oxidation sites excluding steroid dienone is 8. The fourth-order valence-corrected chi connectivity index (χ4v) is 11.0. The minimum absolute atomic E-state index is 0.0684. The van der Waals surface area contributed by atoms with Crippen molar-refractivity contribution in [3.63, 3.8) is 0 Å². The zero-order valence-corrected chi connectivity index (χ0v) is 55.3. The second-order valence-corrected chi connectivity index (χ2v) is 24.9. The third kappa shape index (κ3) is 68.2. The van der Waals surface area contributed by atoms with E-state index in [2.05, 4.69) is 69.4 Å². The Balaban J connectivity index is 4.24. The number of hydrogen-bond acceptors (Lipinski definition) is 6. The Morgan fingerprint density at radius 3 is 0.671 bits per heavy atom. The minimum Gasteiger partial charge on any atom is -0.462 e. The summed E-state index contributed by atoms with van der Waals surface area (Å²) in [4.78, 5) is 38.5. The molecule has 0 fully saturated rings. The first kappa shape index (κ1) is 79.4. The van der Waals surface area contributed by atoms with Crippen molar-refractivity contribution in [2.45, 2.75) is 406 Å². The molecule has 0 rings (SSSR count). The molecule has 480 valence electrons. The first-order chi connectivity index (χ1) is 40.5. The van der Waals surface area contributed by atoms with E-state index in [1.165, 1.54) is 289 Å². The van der Waals surface area contributed by atoms with Crippen molar-refractivity contribution in [2.24, 2.45) is 0 Å². The van der Waals surface area contributed by atoms with Crippen LogP contribution in [0.5, 0.6) is 0 Å². The van der Waals surface area contributed by atoms with Crippen LogP contribution in [0.25, 0.3) is 0 Å². The maximum Gasteiger partial charge on any atom is 0.306 e. The van der Waals surface area contributed by atoms with Gasteiger partial charge in [0.1, 0.15) is 13.2 Å². The van der Waals surface area contributed by atoms with Crippen LogP contribution in [-0.4, -0.2) is 37.2 Å². The molecule has 0 aliphatic rings. The molecule has 1 unspecified atom stereocenters. The van der Waals surface area contributed by atoms with Crippen LogP contribution in [0.3, 0.4) is 0 Å². The van der Waals surface area contributed by atoms with Crippen molar-refractivity contribution in [3.05, 3.63) is 48.6 Å². The predicted octanol–water partition coefficient (Wildman–Crippen LogP) is 25.3. The first-order valence-electron chi connectivity index (χ1n) is 36.6. The van der Waals surface area contributed by atoms with Crippen LogP contribution >= 0.6 is 0 Å². The van der Waals surface area contributed by atoms with E-state index in [0.29, 0.717) is 19.3 Å². The molecule has 0 bridgehead atoms. The number of ether oxygens (including phenoxy) is 3. The summed E-state index contributed by atoms with van der Waals surface area (Å²) in [5.74, 6) is -0.841. The van der Waals surface area contributed by atoms with E-state index in [0.717, 1.165) is 70.6 Å². The second kappa shape index (κ2) is 70.9. The Bertz CT molecular complexity index is 1410. The van der Waals surface area contributed by atoms with E-state index in [-0.39, 0.29) is 31.1 Å². The van der Waals surface area contributed by atoms with Crippen molar-refractivity contribution in [1.29, 1.82) is 0 Å². The van der Waals surface area contributed by atoms with Crippen LogP contribution in [0.15, 0.2) is 48.6 Å². The fraction of sp³-hybridized carbons (Fsp3) is 0.855. The van der Waals surface area contributed by atoms with E-state index in [4.69, 9.17) is 14.2 Å². The maximum atomic E-state index is 13.0. The molecule has 6 nitrogen and oxygen atoms in total. The van der Waals surface area contributed by atoms with Crippen molar-refractivity contribution < 1.29 is 28.6 Å². The van der Waals surface area contributed by atoms with E-state index in [1.807, 2.05) is 0 Å². The van der Waals surface area contributed by atoms with Crippen molar-refractivity contribution in [1.82, 2.24) is 0 Å². The smallest absolute Gasteiger partial charge is 0.306 e. The van der Waals surface area contributed by atoms with Gasteiger partial charge in [0, 0.05) is 19.3 Å². The lowest BCUT2D eigenvalue weighted by atomic mass is 10.0. The molecule has 0 spiro atoms. The lowest BCUT2D eigenvalue weighted by Crippen LogP contribution is -2.30. The minimum atomic E-state index is -0.773. The largest absolute Gasteiger partial charge is 0.462 e. The Labute approximate surface area is 511 Å². The summed E-state index contributed by atoms with van der Waals surface area (Å²) in [6.07, 6.45) is 90.0. The van der Waals surface area contributed by atoms with Crippen LogP contribution in [-0.2, 0) is 28.6 Å². The highest BCUT2D eigenvalue weighted by Crippen LogP contribution is 2.18. The number of esters is 3. The Hall–Kier alpha value is -2.63. The SMILES string of the molecule is CCCCCCC/C=C\C/C=C\CCCCCCCCCCCCCCCCCC(=O)OCC(COC(=O)CCCCCCCCCCCCCCCC)OC(=O)CCCCCCCCCCCCC/C=C\C/C=C\CCCCCCC. The third-order valence-electron chi connectivity index (χ3n) is 16.6. The Morgan fingerprint density at radius 2 is 0.439 bits per heavy atom. The summed E-state index contributed by atoms with van der Waals surface area (Å²) < 4.78 is 17.0. The van der Waals surface area contributed by atoms with E-state index >= 15 is 0 Å². The summed E-state index contributed by atoms with van der Waals surface area (Å²) >= 11 is 0. The number of carbonyl (C=O) groups is 3. The maximum absolute atomic E-state index is 13.0. The van der Waals surface area contributed by atoms with E-state index < -0.39 is 6.10 Å². The number of hydrogen-bond donors (Lipinski definition) is 0. The Kier molecular flexibility index (Phi) is 68.6. The van der Waals surface area contributed by atoms with Gasteiger partial charge in [-0.1, -0.05) is 345 Å². The summed E-state index contributed by atoms with van der Waals surface area (Å²) in [5, 5.41) is 0. The van der Waals surface area contributed by atoms with Gasteiger partial charge in [-0.15, -0.1) is 0 Å². The quantitative estimate of drug-likeness (QED) is 0.0261. The van der Waals surface area contributed by atoms with Gasteiger partial charge in [-0.25, -0.2) is 0 Å². The van der Waals surface area contributed by atoms with Gasteiger partial charge < -0.3 is 14.2 Å². The highest BCUT2D eigenvalue weighted by Gasteiger charge is 2.19. The highest BCUT2D eigenvalue weighted by atomic mass is 16.6. The van der Waals surface area contributed by atoms with Gasteiger partial charge in [-0.05, 0) is 83.5 Å². The summed E-state index contributed by atoms with van der Waals surface area (Å²) in [5.41, 5.74) is 0. The normalized spacial score (nSPS) is 12.3. The molecule has 0 saturated carbocycles. The molecule has 0 aromatic heterocycles. The van der Waals surface area contributed by atoms with E-state index in [9.17, 15) is 14.4 Å². The molecule has 0 aromatic rings. The zero-order valence-electron chi connectivity index (χ0n) is 55.3. The Morgan fingerprint density at radius 1 is 0.244 bits per heavy atom. The third-order valence-corrected chi connectivity index (χ3v) is 16.6. The molecule has 0 aliphatic carbocycles. The number of rotatable bonds is 68. The molecule has 0 radical (unpaired) electrons. The van der Waals surface area contributed by atoms with Crippen LogP contribution in [0.1, 0.15) is 400 Å². The molecule has 0 aliphatic heterocycles. The predicted molar refractivity (Wildman–Crippen MR) is 358 cm³/mol. The van der Waals surface area contributed by atoms with Crippen LogP contribution < -0.4 is 0 Å². The van der Waals surface area contributed by atoms with E-state index in [1.54, 1.807) is 0 Å². The summed E-state index contributed by atoms with van der Waals surface area (Å²) in [6.45, 7) is 6.69. The van der Waals surface area contributed by atoms with Gasteiger partial charge >= 0.3 is 17.9 Å². The van der Waals surface area contributed by atoms with Gasteiger partial charge in [0.2, 0.25) is 0 Å². The molecule has 0 saturated heterocycles. The van der Waals surface area contributed by atoms with Crippen LogP contribution in [0.2, 0.25) is 0 Å². The lowest BCUT2D eigenvalue weighted by Gasteiger charge is -2.18. The highest BCUT2D eigenvalue weighted by molar-refractivity contribution is 5.71. The fourth-order valence-electron chi connectivity index (χ4n) is 11.0. The molecule has 6 heteroatoms. The average Bonchev–Trinajstić information content (AvgIpc) is 3.48. The van der Waals surface area contributed by atoms with Crippen molar-refractivity contribution >= 4 is 17.9 Å². The number of carbonyl (C=O) groups excluding carboxylic acids is 3. The van der Waals surface area contributed by atoms with Gasteiger partial charge in [-0.2, -0.15) is 0 Å². The van der Waals surface area contributed by atoms with Crippen molar-refractivity contribution in [3.8, 4) is 0 Å². The van der Waals surface area contributed by atoms with Crippen LogP contribution in [0.4, 0.5) is 0 Å². The molecular weight excluding hydrogens is 1010 g/mol. The molecule has 82 heavy (non-hydrogen) atoms. The monoisotopic (exact) mass is 1150 g/mol. The first-order valence-corrected chi connectivity index (χ1v) is 36.6. The van der Waals surface area contributed by atoms with Gasteiger partial charge in [0.15, 0.2) is 6.10 Å². The molecular formula is C76H140O6. The van der Waals surface area contributed by atoms with Gasteiger partial charge in [-0.3, -0.25) is 14.4 Å². The van der Waals surface area contributed by atoms with Gasteiger partial charge in [0.25, 0.3) is 0 Å². The second-order valence-electron chi connectivity index (χ2n) is 24.9. The molecule has 1 atom stereocenters.